The van der Waals surface area contributed by atoms with Gasteiger partial charge < -0.3 is 24.3 Å². The Morgan fingerprint density at radius 2 is 1.59 bits per heavy atom. The predicted molar refractivity (Wildman–Crippen MR) is 101 cm³/mol. The number of methoxy groups -OCH3 is 3. The highest BCUT2D eigenvalue weighted by molar-refractivity contribution is 6.03. The fourth-order valence-corrected chi connectivity index (χ4v) is 2.43. The first kappa shape index (κ1) is 20.1. The number of aryl methyl sites for hydroxylation is 1. The van der Waals surface area contributed by atoms with Crippen LogP contribution in [0.2, 0.25) is 0 Å². The Morgan fingerprint density at radius 1 is 0.963 bits per heavy atom. The molecule has 27 heavy (non-hydrogen) atoms. The minimum absolute atomic E-state index is 0.145. The van der Waals surface area contributed by atoms with Gasteiger partial charge in [-0.2, -0.15) is 0 Å². The highest BCUT2D eigenvalue weighted by Crippen LogP contribution is 2.34. The van der Waals surface area contributed by atoms with Gasteiger partial charge in [-0.3, -0.25) is 4.79 Å². The summed E-state index contributed by atoms with van der Waals surface area (Å²) in [7, 11) is 4.18. The molecule has 0 aliphatic heterocycles. The molecule has 0 aliphatic rings. The van der Waals surface area contributed by atoms with Crippen LogP contribution in [0.1, 0.15) is 22.8 Å². The number of ether oxygens (including phenoxy) is 4. The van der Waals surface area contributed by atoms with Crippen LogP contribution in [-0.4, -0.2) is 39.3 Å². The van der Waals surface area contributed by atoms with Crippen LogP contribution in [0.25, 0.3) is 0 Å². The molecule has 1 amide bonds. The lowest BCUT2D eigenvalue weighted by molar-refractivity contribution is -0.122. The zero-order chi connectivity index (χ0) is 20.0. The largest absolute Gasteiger partial charge is 0.493 e. The molecule has 2 rings (SSSR count). The van der Waals surface area contributed by atoms with Gasteiger partial charge in [-0.25, -0.2) is 4.79 Å². The van der Waals surface area contributed by atoms with E-state index in [1.54, 1.807) is 13.0 Å². The number of benzene rings is 2. The molecule has 144 valence electrons. The predicted octanol–water partition coefficient (Wildman–Crippen LogP) is 3.20. The Bertz CT molecular complexity index is 833. The fourth-order valence-electron chi connectivity index (χ4n) is 2.43. The average Bonchev–Trinajstić information content (AvgIpc) is 2.68. The lowest BCUT2D eigenvalue weighted by atomic mass is 10.1. The average molecular weight is 373 g/mol. The monoisotopic (exact) mass is 373 g/mol. The molecule has 0 unspecified atom stereocenters. The van der Waals surface area contributed by atoms with Gasteiger partial charge in [0.2, 0.25) is 0 Å². The highest BCUT2D eigenvalue weighted by atomic mass is 16.5. The van der Waals surface area contributed by atoms with Gasteiger partial charge in [-0.15, -0.1) is 0 Å². The number of carbonyl (C=O) groups excluding carboxylic acids is 2. The van der Waals surface area contributed by atoms with Crippen LogP contribution in [0.15, 0.2) is 36.4 Å². The van der Waals surface area contributed by atoms with Crippen molar-refractivity contribution >= 4 is 17.6 Å². The molecule has 0 spiro atoms. The first-order valence-corrected chi connectivity index (χ1v) is 8.28. The third-order valence-corrected chi connectivity index (χ3v) is 3.95. The fraction of sp³-hybridized carbons (Fsp3) is 0.300. The first-order valence-electron chi connectivity index (χ1n) is 8.28. The van der Waals surface area contributed by atoms with Gasteiger partial charge in [0.1, 0.15) is 5.75 Å². The summed E-state index contributed by atoms with van der Waals surface area (Å²) >= 11 is 0. The Labute approximate surface area is 158 Å². The van der Waals surface area contributed by atoms with Crippen LogP contribution in [0, 0.1) is 6.92 Å². The Balaban J connectivity index is 2.27. The second-order valence-electron chi connectivity index (χ2n) is 5.76. The molecule has 2 aromatic carbocycles. The molecule has 0 saturated carbocycles. The second-order valence-corrected chi connectivity index (χ2v) is 5.76. The smallest absolute Gasteiger partial charge is 0.340 e. The van der Waals surface area contributed by atoms with Crippen molar-refractivity contribution in [1.82, 2.24) is 0 Å². The normalized spacial score (nSPS) is 11.3. The van der Waals surface area contributed by atoms with Crippen LogP contribution in [-0.2, 0) is 9.53 Å². The molecule has 1 N–H and O–H groups in total. The third kappa shape index (κ3) is 4.69. The van der Waals surface area contributed by atoms with Crippen molar-refractivity contribution in [2.75, 3.05) is 26.6 Å². The van der Waals surface area contributed by atoms with Crippen LogP contribution in [0.5, 0.6) is 17.2 Å². The third-order valence-electron chi connectivity index (χ3n) is 3.95. The minimum Gasteiger partial charge on any atom is -0.493 e. The van der Waals surface area contributed by atoms with Gasteiger partial charge >= 0.3 is 5.97 Å². The molecule has 0 bridgehead atoms. The number of rotatable bonds is 7. The summed E-state index contributed by atoms with van der Waals surface area (Å²) < 4.78 is 20.9. The number of para-hydroxylation sites is 1. The van der Waals surface area contributed by atoms with Crippen molar-refractivity contribution in [2.24, 2.45) is 0 Å². The summed E-state index contributed by atoms with van der Waals surface area (Å²) in [5.41, 5.74) is 1.30. The molecule has 0 aromatic heterocycles. The maximum atomic E-state index is 12.6. The Kier molecular flexibility index (Phi) is 6.65. The number of carbonyl (C=O) groups is 2. The van der Waals surface area contributed by atoms with E-state index in [2.05, 4.69) is 5.32 Å². The topological polar surface area (TPSA) is 83.1 Å². The van der Waals surface area contributed by atoms with Gasteiger partial charge in [0.15, 0.2) is 17.6 Å². The van der Waals surface area contributed by atoms with E-state index < -0.39 is 18.0 Å². The first-order chi connectivity index (χ1) is 12.9. The number of amides is 1. The van der Waals surface area contributed by atoms with Crippen molar-refractivity contribution in [2.45, 2.75) is 20.0 Å². The number of esters is 1. The van der Waals surface area contributed by atoms with Gasteiger partial charge in [0, 0.05) is 12.1 Å². The maximum absolute atomic E-state index is 12.6. The summed E-state index contributed by atoms with van der Waals surface area (Å²) in [6.45, 7) is 3.52. The molecule has 0 radical (unpaired) electrons. The van der Waals surface area contributed by atoms with E-state index in [0.717, 1.165) is 5.56 Å². The molecule has 7 nitrogen and oxygen atoms in total. The zero-order valence-electron chi connectivity index (χ0n) is 16.0. The van der Waals surface area contributed by atoms with Crippen molar-refractivity contribution < 1.29 is 28.5 Å². The number of nitrogens with one attached hydrogen (secondary N) is 1. The van der Waals surface area contributed by atoms with Crippen molar-refractivity contribution in [3.05, 3.63) is 47.5 Å². The van der Waals surface area contributed by atoms with Crippen LogP contribution in [0.4, 0.5) is 5.69 Å². The number of anilines is 1. The van der Waals surface area contributed by atoms with E-state index in [9.17, 15) is 9.59 Å². The van der Waals surface area contributed by atoms with Crippen LogP contribution >= 0.6 is 0 Å². The minimum atomic E-state index is -0.787. The summed E-state index contributed by atoms with van der Waals surface area (Å²) in [5, 5.41) is 2.69. The van der Waals surface area contributed by atoms with E-state index in [1.807, 2.05) is 25.1 Å². The molecule has 0 saturated heterocycles. The summed E-state index contributed by atoms with van der Waals surface area (Å²) in [4.78, 5) is 24.7. The lowest BCUT2D eigenvalue weighted by Crippen LogP contribution is -2.31. The van der Waals surface area contributed by atoms with Gasteiger partial charge in [-0.1, -0.05) is 18.2 Å². The van der Waals surface area contributed by atoms with Crippen LogP contribution < -0.4 is 19.5 Å². The van der Waals surface area contributed by atoms with Crippen LogP contribution in [0.3, 0.4) is 0 Å². The van der Waals surface area contributed by atoms with E-state index in [4.69, 9.17) is 18.9 Å². The molecule has 0 aliphatic carbocycles. The van der Waals surface area contributed by atoms with Gasteiger partial charge in [0.05, 0.1) is 32.6 Å². The van der Waals surface area contributed by atoms with E-state index in [0.29, 0.717) is 17.2 Å². The lowest BCUT2D eigenvalue weighted by Gasteiger charge is -2.18. The maximum Gasteiger partial charge on any atom is 0.340 e. The molecule has 2 aromatic rings. The number of hydrogen-bond acceptors (Lipinski definition) is 6. The van der Waals surface area contributed by atoms with Gasteiger partial charge in [-0.05, 0) is 25.5 Å². The van der Waals surface area contributed by atoms with E-state index in [-0.39, 0.29) is 11.3 Å². The molecule has 0 heterocycles. The molecule has 1 atom stereocenters. The van der Waals surface area contributed by atoms with Crippen molar-refractivity contribution in [3.63, 3.8) is 0 Å². The quantitative estimate of drug-likeness (QED) is 0.751. The summed E-state index contributed by atoms with van der Waals surface area (Å²) in [5.74, 6) is 0.294. The SMILES string of the molecule is COC(=O)c1cc(OC)c(OC)cc1NC(=O)[C@H](C)Oc1ccccc1C. The number of hydrogen-bond donors (Lipinski definition) is 1. The molecular weight excluding hydrogens is 350 g/mol. The van der Waals surface area contributed by atoms with Crippen molar-refractivity contribution in [1.29, 1.82) is 0 Å². The standard InChI is InChI=1S/C20H23NO6/c1-12-8-6-7-9-16(12)27-13(2)19(22)21-15-11-18(25-4)17(24-3)10-14(15)20(23)26-5/h6-11,13H,1-5H3,(H,21,22)/t13-/m0/s1. The Morgan fingerprint density at radius 3 is 2.19 bits per heavy atom. The Hall–Kier alpha value is -3.22. The molecule has 7 heteroatoms. The summed E-state index contributed by atoms with van der Waals surface area (Å²) in [6, 6.07) is 10.4. The summed E-state index contributed by atoms with van der Waals surface area (Å²) in [6.07, 6.45) is -0.787. The second kappa shape index (κ2) is 8.93. The van der Waals surface area contributed by atoms with Crippen molar-refractivity contribution in [3.8, 4) is 17.2 Å². The van der Waals surface area contributed by atoms with E-state index >= 15 is 0 Å². The zero-order valence-corrected chi connectivity index (χ0v) is 16.0. The van der Waals surface area contributed by atoms with Gasteiger partial charge in [0.25, 0.3) is 5.91 Å². The highest BCUT2D eigenvalue weighted by Gasteiger charge is 2.22. The molecule has 0 fully saturated rings. The molecular formula is C20H23NO6. The van der Waals surface area contributed by atoms with E-state index in [1.165, 1.54) is 33.5 Å².